The van der Waals surface area contributed by atoms with Gasteiger partial charge in [-0.3, -0.25) is 4.57 Å². The largest absolute Gasteiger partial charge is 0.508 e. The van der Waals surface area contributed by atoms with E-state index in [0.717, 1.165) is 11.3 Å². The van der Waals surface area contributed by atoms with E-state index in [2.05, 4.69) is 15.0 Å². The van der Waals surface area contributed by atoms with Crippen LogP contribution in [0, 0.1) is 20.8 Å². The summed E-state index contributed by atoms with van der Waals surface area (Å²) in [6, 6.07) is 5.12. The molecule has 0 spiro atoms. The number of aryl methyl sites for hydroxylation is 2. The van der Waals surface area contributed by atoms with Gasteiger partial charge in [-0.15, -0.1) is 0 Å². The molecule has 0 amide bonds. The van der Waals surface area contributed by atoms with Crippen LogP contribution >= 0.6 is 0 Å². The van der Waals surface area contributed by atoms with Gasteiger partial charge in [-0.1, -0.05) is 6.07 Å². The molecule has 0 radical (unpaired) electrons. The third kappa shape index (κ3) is 2.64. The number of nitrogens with zero attached hydrogens (tertiary/aromatic N) is 4. The van der Waals surface area contributed by atoms with Gasteiger partial charge in [-0.2, -0.15) is 0 Å². The van der Waals surface area contributed by atoms with Gasteiger partial charge in [0.15, 0.2) is 5.65 Å². The summed E-state index contributed by atoms with van der Waals surface area (Å²) >= 11 is 0. The lowest BCUT2D eigenvalue weighted by Crippen LogP contribution is -2.05. The Morgan fingerprint density at radius 3 is 2.61 bits per heavy atom. The first kappa shape index (κ1) is 18.1. The van der Waals surface area contributed by atoms with Crippen molar-refractivity contribution < 1.29 is 13.9 Å². The maximum absolute atomic E-state index is 13.0. The van der Waals surface area contributed by atoms with E-state index >= 15 is 0 Å². The van der Waals surface area contributed by atoms with Gasteiger partial charge in [0, 0.05) is 23.1 Å². The Morgan fingerprint density at radius 2 is 1.89 bits per heavy atom. The first-order valence-corrected chi connectivity index (χ1v) is 8.78. The van der Waals surface area contributed by atoms with Gasteiger partial charge in [0.2, 0.25) is 6.43 Å². The molecule has 0 fully saturated rings. The second kappa shape index (κ2) is 6.40. The molecule has 0 atom stereocenters. The highest BCUT2D eigenvalue weighted by Crippen LogP contribution is 2.37. The van der Waals surface area contributed by atoms with Crippen molar-refractivity contribution in [1.29, 1.82) is 0 Å². The SMILES string of the molecule is Cc1ccc(O)c(C)c1-n1c2nc(C)c(CC(F)F)cc2c2c(N)ncnc21. The number of benzene rings is 1. The van der Waals surface area contributed by atoms with Gasteiger partial charge in [0.05, 0.1) is 11.1 Å². The highest BCUT2D eigenvalue weighted by Gasteiger charge is 2.22. The fourth-order valence-corrected chi connectivity index (χ4v) is 3.66. The highest BCUT2D eigenvalue weighted by atomic mass is 19.3. The van der Waals surface area contributed by atoms with Crippen LogP contribution in [0.3, 0.4) is 0 Å². The second-order valence-electron chi connectivity index (χ2n) is 6.87. The van der Waals surface area contributed by atoms with Gasteiger partial charge in [0.1, 0.15) is 23.5 Å². The molecule has 4 aromatic rings. The van der Waals surface area contributed by atoms with Crippen LogP contribution < -0.4 is 5.73 Å². The summed E-state index contributed by atoms with van der Waals surface area (Å²) in [5.74, 6) is 0.390. The molecule has 3 heterocycles. The maximum Gasteiger partial charge on any atom is 0.242 e. The lowest BCUT2D eigenvalue weighted by Gasteiger charge is -2.15. The van der Waals surface area contributed by atoms with Crippen LogP contribution in [0.1, 0.15) is 22.4 Å². The molecule has 0 saturated carbocycles. The quantitative estimate of drug-likeness (QED) is 0.558. The standard InChI is InChI=1S/C20H19F2N5O/c1-9-4-5-14(28)10(2)17(9)27-19-13(16-18(23)24-8-25-20(16)27)6-12(7-15(21)22)11(3)26-19/h4-6,8,15,28H,7H2,1-3H3,(H2,23,24,25). The predicted molar refractivity (Wildman–Crippen MR) is 104 cm³/mol. The van der Waals surface area contributed by atoms with Crippen molar-refractivity contribution in [3.63, 3.8) is 0 Å². The number of nitrogens with two attached hydrogens (primary N) is 1. The zero-order chi connectivity index (χ0) is 20.2. The van der Waals surface area contributed by atoms with E-state index in [1.807, 2.05) is 11.5 Å². The van der Waals surface area contributed by atoms with Gasteiger partial charge < -0.3 is 10.8 Å². The van der Waals surface area contributed by atoms with Crippen LogP contribution in [-0.2, 0) is 6.42 Å². The number of anilines is 1. The summed E-state index contributed by atoms with van der Waals surface area (Å²) in [6.07, 6.45) is -1.51. The molecule has 3 aromatic heterocycles. The smallest absolute Gasteiger partial charge is 0.242 e. The monoisotopic (exact) mass is 383 g/mol. The van der Waals surface area contributed by atoms with Gasteiger partial charge in [0.25, 0.3) is 0 Å². The van der Waals surface area contributed by atoms with Gasteiger partial charge in [-0.05, 0) is 44.0 Å². The number of rotatable bonds is 3. The summed E-state index contributed by atoms with van der Waals surface area (Å²) in [6.45, 7) is 5.43. The molecule has 0 bridgehead atoms. The Labute approximate surface area is 159 Å². The maximum atomic E-state index is 13.0. The van der Waals surface area contributed by atoms with Crippen LogP contribution in [0.2, 0.25) is 0 Å². The zero-order valence-electron chi connectivity index (χ0n) is 15.7. The second-order valence-corrected chi connectivity index (χ2v) is 6.87. The molecular weight excluding hydrogens is 364 g/mol. The molecule has 28 heavy (non-hydrogen) atoms. The van der Waals surface area contributed by atoms with Crippen molar-refractivity contribution >= 4 is 27.9 Å². The molecule has 0 aliphatic heterocycles. The topological polar surface area (TPSA) is 89.8 Å². The number of phenols is 1. The number of aromatic nitrogens is 4. The average molecular weight is 383 g/mol. The minimum Gasteiger partial charge on any atom is -0.508 e. The fraction of sp³-hybridized carbons (Fsp3) is 0.250. The third-order valence-corrected chi connectivity index (χ3v) is 5.05. The summed E-state index contributed by atoms with van der Waals surface area (Å²) in [5.41, 5.74) is 10.4. The summed E-state index contributed by atoms with van der Waals surface area (Å²) in [4.78, 5) is 13.1. The number of halogens is 2. The number of alkyl halides is 2. The molecule has 144 valence electrons. The molecule has 8 heteroatoms. The van der Waals surface area contributed by atoms with E-state index in [4.69, 9.17) is 5.73 Å². The normalized spacial score (nSPS) is 11.8. The van der Waals surface area contributed by atoms with Crippen LogP contribution in [0.25, 0.3) is 27.8 Å². The van der Waals surface area contributed by atoms with Crippen molar-refractivity contribution in [3.05, 3.63) is 46.9 Å². The van der Waals surface area contributed by atoms with Crippen molar-refractivity contribution in [2.75, 3.05) is 5.73 Å². The summed E-state index contributed by atoms with van der Waals surface area (Å²) < 4.78 is 27.8. The number of aromatic hydroxyl groups is 1. The molecule has 6 nitrogen and oxygen atoms in total. The average Bonchev–Trinajstić information content (AvgIpc) is 2.93. The predicted octanol–water partition coefficient (Wildman–Crippen LogP) is 3.99. The molecule has 1 aromatic carbocycles. The lowest BCUT2D eigenvalue weighted by atomic mass is 10.1. The van der Waals surface area contributed by atoms with Crippen molar-refractivity contribution in [3.8, 4) is 11.4 Å². The van der Waals surface area contributed by atoms with E-state index < -0.39 is 6.43 Å². The van der Waals surface area contributed by atoms with Crippen LogP contribution in [0.15, 0.2) is 24.5 Å². The molecule has 0 aliphatic rings. The first-order valence-electron chi connectivity index (χ1n) is 8.78. The molecule has 4 rings (SSSR count). The van der Waals surface area contributed by atoms with E-state index in [9.17, 15) is 13.9 Å². The van der Waals surface area contributed by atoms with Crippen molar-refractivity contribution in [2.24, 2.45) is 0 Å². The van der Waals surface area contributed by atoms with Crippen LogP contribution in [0.4, 0.5) is 14.6 Å². The van der Waals surface area contributed by atoms with Crippen LogP contribution in [0.5, 0.6) is 5.75 Å². The van der Waals surface area contributed by atoms with E-state index in [0.29, 0.717) is 38.9 Å². The first-order chi connectivity index (χ1) is 13.3. The number of fused-ring (bicyclic) bond motifs is 3. The van der Waals surface area contributed by atoms with E-state index in [-0.39, 0.29) is 18.0 Å². The lowest BCUT2D eigenvalue weighted by molar-refractivity contribution is 0.149. The van der Waals surface area contributed by atoms with Crippen molar-refractivity contribution in [1.82, 2.24) is 19.5 Å². The number of hydrogen-bond donors (Lipinski definition) is 2. The molecular formula is C20H19F2N5O. The van der Waals surface area contributed by atoms with Crippen molar-refractivity contribution in [2.45, 2.75) is 33.6 Å². The molecule has 0 aliphatic carbocycles. The molecule has 3 N–H and O–H groups in total. The summed E-state index contributed by atoms with van der Waals surface area (Å²) in [5, 5.41) is 11.4. The Bertz CT molecular complexity index is 1230. The number of nitrogen functional groups attached to an aromatic ring is 1. The third-order valence-electron chi connectivity index (χ3n) is 5.05. The molecule has 0 unspecified atom stereocenters. The molecule has 0 saturated heterocycles. The van der Waals surface area contributed by atoms with E-state index in [1.54, 1.807) is 32.0 Å². The Kier molecular flexibility index (Phi) is 4.14. The van der Waals surface area contributed by atoms with Gasteiger partial charge >= 0.3 is 0 Å². The summed E-state index contributed by atoms with van der Waals surface area (Å²) in [7, 11) is 0. The number of hydrogen-bond acceptors (Lipinski definition) is 5. The fourth-order valence-electron chi connectivity index (χ4n) is 3.66. The Balaban J connectivity index is 2.19. The number of pyridine rings is 1. The highest BCUT2D eigenvalue weighted by molar-refractivity contribution is 6.11. The minimum absolute atomic E-state index is 0.142. The van der Waals surface area contributed by atoms with Gasteiger partial charge in [-0.25, -0.2) is 23.7 Å². The number of phenolic OH excluding ortho intramolecular Hbond substituents is 1. The minimum atomic E-state index is -2.48. The zero-order valence-corrected chi connectivity index (χ0v) is 15.7. The van der Waals surface area contributed by atoms with Crippen LogP contribution in [-0.4, -0.2) is 31.1 Å². The Morgan fingerprint density at radius 1 is 1.14 bits per heavy atom. The Hall–Kier alpha value is -3.29. The van der Waals surface area contributed by atoms with E-state index in [1.165, 1.54) is 6.33 Å².